The normalized spacial score (nSPS) is 13.2. The minimum absolute atomic E-state index is 0.230. The molecule has 0 fully saturated rings. The zero-order valence-corrected chi connectivity index (χ0v) is 88.3. The van der Waals surface area contributed by atoms with Crippen LogP contribution in [0.25, 0.3) is 147 Å². The van der Waals surface area contributed by atoms with Crippen LogP contribution >= 0.6 is 138 Å². The molecule has 16 aromatic rings. The summed E-state index contributed by atoms with van der Waals surface area (Å²) in [6, 6.07) is 38.4. The van der Waals surface area contributed by atoms with E-state index in [2.05, 4.69) is 128 Å². The Hall–Kier alpha value is -6.09. The second-order valence-corrected chi connectivity index (χ2v) is 55.6. The van der Waals surface area contributed by atoms with Gasteiger partial charge in [-0.15, -0.1) is 90.7 Å². The summed E-state index contributed by atoms with van der Waals surface area (Å²) in [7, 11) is -4.69. The average molecular weight is 2000 g/mol. The largest absolute Gasteiger partial charge is 0.206 e. The molecule has 0 N–H and O–H groups in total. The zero-order chi connectivity index (χ0) is 89.8. The molecule has 2 aliphatic rings. The monoisotopic (exact) mass is 2000 g/mol. The van der Waals surface area contributed by atoms with Crippen LogP contribution in [-0.2, 0) is 25.7 Å². The standard InChI is InChI=1S/2C52H60F2N4S6Si/c1-5-9-13-17-21-33-23-25-39(59-33)45-37(53)29-35(47-49(45)57-63-55-47)41-31-43-51(61-41)52-44(65(43,27-19-15-11-7-3)28-20-16-12-8-4)32-42(62-52)36-30-38(54)46(50-48(36)56-64-58-50)40-26-24-34(60-40)22-18-14-10-6-2;1-5-9-13-17-21-33-23-25-39(59-33)35-29-37(53)45(49-47(35)55-63-57-49)41-31-43-51(61-41)52-44(65(43,27-19-15-11-7-3)28-20-16-12-8-4)32-42(62-52)46-38(54)30-36(48-50(46)58-64-56-48)40-26-24-34(60-40)22-18-14-10-6-2/h2*23-26,29-32H,5-22,27-28H2,1-4H3. The van der Waals surface area contributed by atoms with Gasteiger partial charge in [0.1, 0.15) is 83.6 Å². The van der Waals surface area contributed by atoms with Crippen molar-refractivity contribution in [2.75, 3.05) is 0 Å². The smallest absolute Gasteiger partial charge is 0.134 e. The summed E-state index contributed by atoms with van der Waals surface area (Å²) in [5, 5.41) is 5.91. The number of halogens is 4. The Kier molecular flexibility index (Phi) is 33.0. The first-order valence-corrected chi connectivity index (χ1v) is 62.8. The Bertz CT molecular complexity index is 6110. The molecule has 12 aromatic heterocycles. The molecule has 14 heterocycles. The summed E-state index contributed by atoms with van der Waals surface area (Å²) in [4.78, 5) is 18.4. The third-order valence-electron chi connectivity index (χ3n) is 27.0. The van der Waals surface area contributed by atoms with Crippen molar-refractivity contribution in [3.8, 4) is 103 Å². The lowest BCUT2D eigenvalue weighted by Crippen LogP contribution is -2.54. The third kappa shape index (κ3) is 20.1. The molecule has 0 radical (unpaired) electrons. The lowest BCUT2D eigenvalue weighted by atomic mass is 10.0. The van der Waals surface area contributed by atoms with E-state index < -0.39 is 16.1 Å². The highest BCUT2D eigenvalue weighted by Crippen LogP contribution is 2.55. The number of hydrogen-bond acceptors (Lipinski definition) is 20. The van der Waals surface area contributed by atoms with Crippen LogP contribution in [0.2, 0.25) is 24.2 Å². The Labute approximate surface area is 816 Å². The van der Waals surface area contributed by atoms with Gasteiger partial charge in [0.15, 0.2) is 0 Å². The first-order chi connectivity index (χ1) is 63.8. The van der Waals surface area contributed by atoms with E-state index in [1.165, 1.54) is 311 Å². The van der Waals surface area contributed by atoms with E-state index in [9.17, 15) is 0 Å². The van der Waals surface area contributed by atoms with Crippen molar-refractivity contribution >= 4 is 219 Å². The molecule has 4 aromatic carbocycles. The van der Waals surface area contributed by atoms with Crippen LogP contribution in [0.4, 0.5) is 17.6 Å². The van der Waals surface area contributed by atoms with Crippen LogP contribution in [0, 0.1) is 23.3 Å². The van der Waals surface area contributed by atoms with Gasteiger partial charge in [-0.3, -0.25) is 0 Å². The number of benzene rings is 4. The number of aryl methyl sites for hydroxylation is 4. The Morgan fingerprint density at radius 1 is 0.215 bits per heavy atom. The third-order valence-corrected chi connectivity index (χ3v) is 50.0. The highest BCUT2D eigenvalue weighted by Gasteiger charge is 2.50. The summed E-state index contributed by atoms with van der Waals surface area (Å²) >= 11 is 18.6. The molecule has 0 aliphatic carbocycles. The maximum atomic E-state index is 17.0. The van der Waals surface area contributed by atoms with E-state index >= 15 is 17.6 Å². The zero-order valence-electron chi connectivity index (χ0n) is 76.5. The number of nitrogens with zero attached hydrogens (tertiary/aromatic N) is 8. The topological polar surface area (TPSA) is 103 Å². The van der Waals surface area contributed by atoms with Crippen molar-refractivity contribution in [3.05, 3.63) is 140 Å². The predicted octanol–water partition coefficient (Wildman–Crippen LogP) is 35.7. The molecule has 0 saturated carbocycles. The minimum Gasteiger partial charge on any atom is -0.206 e. The van der Waals surface area contributed by atoms with Gasteiger partial charge in [-0.2, -0.15) is 35.0 Å². The van der Waals surface area contributed by atoms with Gasteiger partial charge in [0.2, 0.25) is 0 Å². The lowest BCUT2D eigenvalue weighted by Gasteiger charge is -2.29. The molecule has 0 atom stereocenters. The molecule has 684 valence electrons. The second kappa shape index (κ2) is 44.8. The molecule has 26 heteroatoms. The summed E-state index contributed by atoms with van der Waals surface area (Å²) in [5.41, 5.74) is 11.4. The lowest BCUT2D eigenvalue weighted by molar-refractivity contribution is 0.633. The first-order valence-electron chi connectivity index (χ1n) is 48.5. The van der Waals surface area contributed by atoms with Crippen LogP contribution in [0.1, 0.15) is 280 Å². The number of aromatic nitrogens is 8. The fraction of sp³-hybridized carbons (Fsp3) is 0.462. The number of unbranched alkanes of at least 4 members (excludes halogenated alkanes) is 24. The van der Waals surface area contributed by atoms with E-state index in [0.717, 1.165) is 134 Å². The van der Waals surface area contributed by atoms with Crippen LogP contribution in [0.3, 0.4) is 0 Å². The molecular weight excluding hydrogens is 1880 g/mol. The first kappa shape index (κ1) is 95.6. The molecule has 0 bridgehead atoms. The summed E-state index contributed by atoms with van der Waals surface area (Å²) in [5.74, 6) is -0.935. The quantitative estimate of drug-likeness (QED) is 0.0211. The van der Waals surface area contributed by atoms with Crippen molar-refractivity contribution in [3.63, 3.8) is 0 Å². The van der Waals surface area contributed by atoms with Gasteiger partial charge < -0.3 is 0 Å². The fourth-order valence-electron chi connectivity index (χ4n) is 20.0. The van der Waals surface area contributed by atoms with Crippen LogP contribution in [0.5, 0.6) is 0 Å². The predicted molar refractivity (Wildman–Crippen MR) is 571 cm³/mol. The maximum absolute atomic E-state index is 17.0. The van der Waals surface area contributed by atoms with Gasteiger partial charge in [0, 0.05) is 100 Å². The molecule has 0 amide bonds. The van der Waals surface area contributed by atoms with E-state index in [1.807, 2.05) is 0 Å². The van der Waals surface area contributed by atoms with Gasteiger partial charge in [-0.05, 0) is 193 Å². The van der Waals surface area contributed by atoms with Gasteiger partial charge in [-0.25, -0.2) is 17.6 Å². The van der Waals surface area contributed by atoms with E-state index in [-0.39, 0.29) is 23.3 Å². The molecule has 0 unspecified atom stereocenters. The maximum Gasteiger partial charge on any atom is 0.134 e. The summed E-state index contributed by atoms with van der Waals surface area (Å²) < 4.78 is 106. The average Bonchev–Trinajstić information content (AvgIpc) is 1.54. The number of thiophene rings is 8. The number of hydrogen-bond donors (Lipinski definition) is 0. The van der Waals surface area contributed by atoms with Crippen molar-refractivity contribution in [2.45, 2.75) is 311 Å². The van der Waals surface area contributed by atoms with Crippen molar-refractivity contribution in [2.24, 2.45) is 0 Å². The molecule has 0 saturated heterocycles. The van der Waals surface area contributed by atoms with Crippen LogP contribution < -0.4 is 20.7 Å². The summed E-state index contributed by atoms with van der Waals surface area (Å²) in [6.45, 7) is 18.1. The second-order valence-electron chi connectivity index (χ2n) is 36.1. The molecular formula is C104H120F4N8S12Si2. The van der Waals surface area contributed by atoms with Gasteiger partial charge >= 0.3 is 0 Å². The van der Waals surface area contributed by atoms with E-state index in [1.54, 1.807) is 115 Å². The molecule has 8 nitrogen and oxygen atoms in total. The van der Waals surface area contributed by atoms with E-state index in [4.69, 9.17) is 35.0 Å². The van der Waals surface area contributed by atoms with Gasteiger partial charge in [-0.1, -0.05) is 235 Å². The van der Waals surface area contributed by atoms with Crippen molar-refractivity contribution in [1.29, 1.82) is 0 Å². The van der Waals surface area contributed by atoms with Crippen molar-refractivity contribution in [1.82, 2.24) is 35.0 Å². The van der Waals surface area contributed by atoms with Gasteiger partial charge in [0.25, 0.3) is 0 Å². The number of rotatable bonds is 48. The molecule has 130 heavy (non-hydrogen) atoms. The molecule has 2 aliphatic heterocycles. The van der Waals surface area contributed by atoms with E-state index in [0.29, 0.717) is 44.3 Å². The SMILES string of the molecule is CCCCCCc1ccc(-c2c(F)cc(-c3cc4c(s3)-c3sc(-c5cc(F)c(-c6ccc(CCCCCC)s6)c6nsnc56)cc3[Si]4(CCCCCC)CCCCCC)c3nsnc23)s1.CCCCCCc1ccc(-c2cc(F)c(-c3cc4c(s3)-c3sc(-c5c(F)cc(-c6ccc(CCCCCC)s6)c6nsnc56)cc3[Si]4(CCCCCC)CCCCCC)c3nsnc23)s1. The molecule has 18 rings (SSSR count). The van der Waals surface area contributed by atoms with Crippen LogP contribution in [-0.4, -0.2) is 51.1 Å². The molecule has 0 spiro atoms. The Balaban J connectivity index is 0.000000182. The van der Waals surface area contributed by atoms with Gasteiger partial charge in [0.05, 0.1) is 69.2 Å². The highest BCUT2D eigenvalue weighted by atomic mass is 32.2. The van der Waals surface area contributed by atoms with Crippen LogP contribution in [0.15, 0.2) is 97.1 Å². The minimum atomic E-state index is -2.38. The summed E-state index contributed by atoms with van der Waals surface area (Å²) in [6.07, 6.45) is 42.9. The Morgan fingerprint density at radius 2 is 0.431 bits per heavy atom. The Morgan fingerprint density at radius 3 is 0.700 bits per heavy atom. The highest BCUT2D eigenvalue weighted by molar-refractivity contribution is 7.33. The fourth-order valence-corrected chi connectivity index (χ4v) is 45.6. The number of fused-ring (bicyclic) bond motifs is 10. The van der Waals surface area contributed by atoms with Crippen molar-refractivity contribution < 1.29 is 17.6 Å².